The van der Waals surface area contributed by atoms with Gasteiger partial charge in [-0.3, -0.25) is 14.5 Å². The van der Waals surface area contributed by atoms with Gasteiger partial charge >= 0.3 is 0 Å². The topological polar surface area (TPSA) is 73.9 Å². The molecule has 2 aliphatic rings. The highest BCUT2D eigenvalue weighted by Crippen LogP contribution is 2.29. The first-order valence-corrected chi connectivity index (χ1v) is 13.3. The van der Waals surface area contributed by atoms with Crippen molar-refractivity contribution in [1.82, 2.24) is 10.2 Å². The van der Waals surface area contributed by atoms with Crippen LogP contribution in [0.4, 0.5) is 11.4 Å². The summed E-state index contributed by atoms with van der Waals surface area (Å²) in [5.41, 5.74) is 2.73. The number of hydrogen-bond donors (Lipinski definition) is 2. The molecular weight excluding hydrogens is 508 g/mol. The quantitative estimate of drug-likeness (QED) is 0.484. The molecule has 2 aromatic carbocycles. The number of ether oxygens (including phenoxy) is 1. The maximum Gasteiger partial charge on any atom is 0.255 e. The highest BCUT2D eigenvalue weighted by Gasteiger charge is 2.22. The van der Waals surface area contributed by atoms with Gasteiger partial charge in [-0.15, -0.1) is 0 Å². The number of hydrogen-bond acceptors (Lipinski definition) is 5. The van der Waals surface area contributed by atoms with E-state index >= 15 is 0 Å². The van der Waals surface area contributed by atoms with Gasteiger partial charge in [0.1, 0.15) is 0 Å². The number of halogens is 1. The summed E-state index contributed by atoms with van der Waals surface area (Å²) in [6.45, 7) is 9.17. The van der Waals surface area contributed by atoms with Crippen molar-refractivity contribution in [3.05, 3.63) is 58.1 Å². The molecule has 0 saturated carbocycles. The molecule has 2 aliphatic heterocycles. The molecule has 4 rings (SSSR count). The Kier molecular flexibility index (Phi) is 9.18. The number of carbonyl (C=O) groups is 2. The van der Waals surface area contributed by atoms with Crippen molar-refractivity contribution in [2.75, 3.05) is 62.7 Å². The van der Waals surface area contributed by atoms with E-state index in [2.05, 4.69) is 43.3 Å². The first-order chi connectivity index (χ1) is 17.0. The summed E-state index contributed by atoms with van der Waals surface area (Å²) >= 11 is 3.40. The average Bonchev–Trinajstić information content (AvgIpc) is 2.88. The van der Waals surface area contributed by atoms with Gasteiger partial charge in [-0.1, -0.05) is 22.9 Å². The van der Waals surface area contributed by atoms with Gasteiger partial charge in [0.05, 0.1) is 18.8 Å². The number of amides is 2. The molecule has 0 aliphatic carbocycles. The van der Waals surface area contributed by atoms with Crippen molar-refractivity contribution in [2.45, 2.75) is 26.2 Å². The third kappa shape index (κ3) is 7.29. The van der Waals surface area contributed by atoms with Gasteiger partial charge < -0.3 is 20.3 Å². The van der Waals surface area contributed by atoms with E-state index in [0.717, 1.165) is 75.4 Å². The lowest BCUT2D eigenvalue weighted by Gasteiger charge is -2.33. The SMILES string of the molecule is CC1CCN(c2ccc(NC(=O)c3ccc(Br)cc3)cc2C(=O)NCCCN2CCOCC2)CC1. The van der Waals surface area contributed by atoms with Crippen LogP contribution in [-0.2, 0) is 4.74 Å². The number of nitrogens with one attached hydrogen (secondary N) is 2. The molecule has 0 radical (unpaired) electrons. The van der Waals surface area contributed by atoms with Crippen LogP contribution in [0.1, 0.15) is 46.9 Å². The second-order valence-corrected chi connectivity index (χ2v) is 10.3. The molecule has 8 heteroatoms. The van der Waals surface area contributed by atoms with Gasteiger partial charge in [0.2, 0.25) is 0 Å². The van der Waals surface area contributed by atoms with Crippen LogP contribution in [0.15, 0.2) is 46.9 Å². The van der Waals surface area contributed by atoms with Crippen LogP contribution in [0, 0.1) is 5.92 Å². The lowest BCUT2D eigenvalue weighted by molar-refractivity contribution is 0.0374. The molecule has 2 aromatic rings. The van der Waals surface area contributed by atoms with Crippen LogP contribution >= 0.6 is 15.9 Å². The third-order valence-corrected chi connectivity index (χ3v) is 7.30. The molecule has 2 fully saturated rings. The molecule has 0 bridgehead atoms. The first kappa shape index (κ1) is 25.7. The van der Waals surface area contributed by atoms with Crippen molar-refractivity contribution >= 4 is 39.1 Å². The number of morpholine rings is 1. The second kappa shape index (κ2) is 12.5. The molecule has 2 amide bonds. The summed E-state index contributed by atoms with van der Waals surface area (Å²) in [5.74, 6) is 0.405. The summed E-state index contributed by atoms with van der Waals surface area (Å²) < 4.78 is 6.32. The van der Waals surface area contributed by atoms with Crippen molar-refractivity contribution in [2.24, 2.45) is 5.92 Å². The number of anilines is 2. The maximum absolute atomic E-state index is 13.3. The van der Waals surface area contributed by atoms with E-state index in [-0.39, 0.29) is 11.8 Å². The molecule has 2 heterocycles. The van der Waals surface area contributed by atoms with Crippen LogP contribution in [0.25, 0.3) is 0 Å². The van der Waals surface area contributed by atoms with Gasteiger partial charge in [0, 0.05) is 54.1 Å². The van der Waals surface area contributed by atoms with E-state index in [1.807, 2.05) is 24.3 Å². The second-order valence-electron chi connectivity index (χ2n) is 9.43. The molecule has 0 aromatic heterocycles. The third-order valence-electron chi connectivity index (χ3n) is 6.77. The first-order valence-electron chi connectivity index (χ1n) is 12.5. The lowest BCUT2D eigenvalue weighted by Crippen LogP contribution is -2.38. The highest BCUT2D eigenvalue weighted by molar-refractivity contribution is 9.10. The zero-order valence-electron chi connectivity index (χ0n) is 20.4. The summed E-state index contributed by atoms with van der Waals surface area (Å²) in [6, 6.07) is 12.9. The lowest BCUT2D eigenvalue weighted by atomic mass is 9.97. The van der Waals surface area contributed by atoms with E-state index in [1.54, 1.807) is 18.2 Å². The van der Waals surface area contributed by atoms with Crippen LogP contribution in [0.2, 0.25) is 0 Å². The fourth-order valence-electron chi connectivity index (χ4n) is 4.55. The van der Waals surface area contributed by atoms with E-state index in [4.69, 9.17) is 4.74 Å². The van der Waals surface area contributed by atoms with Gasteiger partial charge in [-0.05, 0) is 74.2 Å². The molecule has 0 unspecified atom stereocenters. The van der Waals surface area contributed by atoms with Crippen molar-refractivity contribution < 1.29 is 14.3 Å². The predicted molar refractivity (Wildman–Crippen MR) is 143 cm³/mol. The monoisotopic (exact) mass is 542 g/mol. The van der Waals surface area contributed by atoms with E-state index in [0.29, 0.717) is 29.3 Å². The summed E-state index contributed by atoms with van der Waals surface area (Å²) in [7, 11) is 0. The molecule has 188 valence electrons. The Labute approximate surface area is 216 Å². The number of nitrogens with zero attached hydrogens (tertiary/aromatic N) is 2. The Balaban J connectivity index is 1.44. The smallest absolute Gasteiger partial charge is 0.255 e. The Morgan fingerprint density at radius 2 is 1.71 bits per heavy atom. The van der Waals surface area contributed by atoms with E-state index < -0.39 is 0 Å². The summed E-state index contributed by atoms with van der Waals surface area (Å²) in [4.78, 5) is 30.7. The average molecular weight is 544 g/mol. The minimum atomic E-state index is -0.200. The minimum absolute atomic E-state index is 0.0969. The standard InChI is InChI=1S/C27H35BrN4O3/c1-20-9-13-32(14-10-20)25-8-7-23(30-26(33)21-3-5-22(28)6-4-21)19-24(25)27(34)29-11-2-12-31-15-17-35-18-16-31/h3-8,19-20H,2,9-18H2,1H3,(H,29,34)(H,30,33). The summed E-state index contributed by atoms with van der Waals surface area (Å²) in [6.07, 6.45) is 3.12. The van der Waals surface area contributed by atoms with Crippen molar-refractivity contribution in [3.63, 3.8) is 0 Å². The van der Waals surface area contributed by atoms with Gasteiger partial charge in [-0.25, -0.2) is 0 Å². The predicted octanol–water partition coefficient (Wildman–Crippen LogP) is 4.39. The molecule has 0 spiro atoms. The largest absolute Gasteiger partial charge is 0.379 e. The number of benzene rings is 2. The van der Waals surface area contributed by atoms with Gasteiger partial charge in [0.25, 0.3) is 11.8 Å². The van der Waals surface area contributed by atoms with Crippen LogP contribution in [0.3, 0.4) is 0 Å². The van der Waals surface area contributed by atoms with Crippen LogP contribution in [0.5, 0.6) is 0 Å². The van der Waals surface area contributed by atoms with Crippen LogP contribution in [-0.4, -0.2) is 69.2 Å². The minimum Gasteiger partial charge on any atom is -0.379 e. The van der Waals surface area contributed by atoms with Crippen LogP contribution < -0.4 is 15.5 Å². The fourth-order valence-corrected chi connectivity index (χ4v) is 4.81. The molecule has 7 nitrogen and oxygen atoms in total. The maximum atomic E-state index is 13.3. The number of carbonyl (C=O) groups excluding carboxylic acids is 2. The summed E-state index contributed by atoms with van der Waals surface area (Å²) in [5, 5.41) is 6.05. The highest BCUT2D eigenvalue weighted by atomic mass is 79.9. The Bertz CT molecular complexity index is 1000. The normalized spacial score (nSPS) is 17.3. The zero-order chi connectivity index (χ0) is 24.6. The van der Waals surface area contributed by atoms with E-state index in [1.165, 1.54) is 0 Å². The Morgan fingerprint density at radius 3 is 2.43 bits per heavy atom. The zero-order valence-corrected chi connectivity index (χ0v) is 22.0. The molecule has 2 saturated heterocycles. The van der Waals surface area contributed by atoms with Crippen molar-refractivity contribution in [1.29, 1.82) is 0 Å². The number of rotatable bonds is 8. The number of piperidine rings is 1. The van der Waals surface area contributed by atoms with Gasteiger partial charge in [-0.2, -0.15) is 0 Å². The molecular formula is C27H35BrN4O3. The molecule has 35 heavy (non-hydrogen) atoms. The molecule has 2 N–H and O–H groups in total. The molecule has 0 atom stereocenters. The van der Waals surface area contributed by atoms with Crippen molar-refractivity contribution in [3.8, 4) is 0 Å². The van der Waals surface area contributed by atoms with Gasteiger partial charge in [0.15, 0.2) is 0 Å². The fraction of sp³-hybridized carbons (Fsp3) is 0.481. The van der Waals surface area contributed by atoms with E-state index in [9.17, 15) is 9.59 Å². The Hall–Kier alpha value is -2.42. The Morgan fingerprint density at radius 1 is 1.00 bits per heavy atom.